The van der Waals surface area contributed by atoms with E-state index in [1.54, 1.807) is 18.9 Å². The number of nitrogens with one attached hydrogen (secondary N) is 1. The van der Waals surface area contributed by atoms with Gasteiger partial charge >= 0.3 is 0 Å². The Balaban J connectivity index is 2.22. The predicted octanol–water partition coefficient (Wildman–Crippen LogP) is 4.19. The molecule has 2 rings (SSSR count). The van der Waals surface area contributed by atoms with Gasteiger partial charge in [-0.1, -0.05) is 32.0 Å². The molecule has 0 aliphatic heterocycles. The number of ether oxygens (including phenoxy) is 2. The molecule has 174 valence electrons. The van der Waals surface area contributed by atoms with Crippen LogP contribution in [-0.4, -0.2) is 43.0 Å². The van der Waals surface area contributed by atoms with Crippen LogP contribution in [0.15, 0.2) is 36.4 Å². The summed E-state index contributed by atoms with van der Waals surface area (Å²) in [7, 11) is 1.60. The van der Waals surface area contributed by atoms with Crippen LogP contribution in [0.2, 0.25) is 0 Å². The van der Waals surface area contributed by atoms with E-state index in [1.807, 2.05) is 65.0 Å². The second-order valence-corrected chi connectivity index (χ2v) is 8.68. The van der Waals surface area contributed by atoms with Crippen LogP contribution in [-0.2, 0) is 16.1 Å². The maximum atomic E-state index is 13.2. The van der Waals surface area contributed by atoms with Crippen molar-refractivity contribution in [2.45, 2.75) is 54.1 Å². The Morgan fingerprint density at radius 2 is 1.78 bits per heavy atom. The Morgan fingerprint density at radius 1 is 1.06 bits per heavy atom. The van der Waals surface area contributed by atoms with Gasteiger partial charge in [-0.2, -0.15) is 0 Å². The Kier molecular flexibility index (Phi) is 9.12. The number of methoxy groups -OCH3 is 1. The lowest BCUT2D eigenvalue weighted by Crippen LogP contribution is -2.49. The molecule has 0 aliphatic rings. The summed E-state index contributed by atoms with van der Waals surface area (Å²) in [6.07, 6.45) is 0. The summed E-state index contributed by atoms with van der Waals surface area (Å²) in [6.45, 7) is 12.5. The first kappa shape index (κ1) is 25.2. The van der Waals surface area contributed by atoms with Gasteiger partial charge in [0.05, 0.1) is 7.11 Å². The fraction of sp³-hybridized carbons (Fsp3) is 0.462. The number of hydrogen-bond acceptors (Lipinski definition) is 4. The van der Waals surface area contributed by atoms with Crippen molar-refractivity contribution in [1.29, 1.82) is 0 Å². The van der Waals surface area contributed by atoms with E-state index < -0.39 is 6.04 Å². The first-order valence-electron chi connectivity index (χ1n) is 11.0. The Bertz CT molecular complexity index is 939. The molecule has 0 bridgehead atoms. The minimum absolute atomic E-state index is 0.143. The van der Waals surface area contributed by atoms with E-state index in [0.717, 1.165) is 22.3 Å². The van der Waals surface area contributed by atoms with Crippen molar-refractivity contribution in [2.24, 2.45) is 5.92 Å². The van der Waals surface area contributed by atoms with Gasteiger partial charge in [0, 0.05) is 13.1 Å². The standard InChI is InChI=1S/C26H36N2O4/c1-17(2)14-27-26(30)21(6)28(15-22-9-8-10-23(13-22)31-7)25(29)16-32-24-12-18(3)11-19(4)20(24)5/h8-13,17,21H,14-16H2,1-7H3,(H,27,30)/t21-/m1/s1. The van der Waals surface area contributed by atoms with Crippen LogP contribution in [0.3, 0.4) is 0 Å². The summed E-state index contributed by atoms with van der Waals surface area (Å²) in [4.78, 5) is 27.5. The molecule has 1 N–H and O–H groups in total. The van der Waals surface area contributed by atoms with Gasteiger partial charge in [-0.25, -0.2) is 0 Å². The lowest BCUT2D eigenvalue weighted by Gasteiger charge is -2.29. The fourth-order valence-corrected chi connectivity index (χ4v) is 3.38. The van der Waals surface area contributed by atoms with Crippen molar-refractivity contribution in [3.05, 3.63) is 58.7 Å². The van der Waals surface area contributed by atoms with Crippen LogP contribution in [0.25, 0.3) is 0 Å². The minimum atomic E-state index is -0.642. The van der Waals surface area contributed by atoms with Crippen molar-refractivity contribution in [3.8, 4) is 11.5 Å². The molecule has 1 atom stereocenters. The highest BCUT2D eigenvalue weighted by molar-refractivity contribution is 5.88. The molecule has 0 aliphatic carbocycles. The van der Waals surface area contributed by atoms with Crippen molar-refractivity contribution >= 4 is 11.8 Å². The molecule has 0 unspecified atom stereocenters. The molecule has 0 fully saturated rings. The third-order valence-electron chi connectivity index (χ3n) is 5.45. The van der Waals surface area contributed by atoms with Gasteiger partial charge in [0.2, 0.25) is 5.91 Å². The Hall–Kier alpha value is -3.02. The second-order valence-electron chi connectivity index (χ2n) is 8.68. The smallest absolute Gasteiger partial charge is 0.261 e. The highest BCUT2D eigenvalue weighted by Crippen LogP contribution is 2.23. The zero-order chi connectivity index (χ0) is 23.8. The molecule has 6 nitrogen and oxygen atoms in total. The normalized spacial score (nSPS) is 11.8. The van der Waals surface area contributed by atoms with Crippen LogP contribution in [0, 0.1) is 26.7 Å². The maximum Gasteiger partial charge on any atom is 0.261 e. The highest BCUT2D eigenvalue weighted by Gasteiger charge is 2.27. The summed E-state index contributed by atoms with van der Waals surface area (Å²) < 4.78 is 11.2. The predicted molar refractivity (Wildman–Crippen MR) is 127 cm³/mol. The van der Waals surface area contributed by atoms with E-state index in [9.17, 15) is 9.59 Å². The Labute approximate surface area is 191 Å². The zero-order valence-corrected chi connectivity index (χ0v) is 20.3. The number of benzene rings is 2. The van der Waals surface area contributed by atoms with Crippen LogP contribution < -0.4 is 14.8 Å². The average molecular weight is 441 g/mol. The fourth-order valence-electron chi connectivity index (χ4n) is 3.38. The van der Waals surface area contributed by atoms with Gasteiger partial charge in [0.25, 0.3) is 5.91 Å². The number of carbonyl (C=O) groups excluding carboxylic acids is 2. The van der Waals surface area contributed by atoms with E-state index in [2.05, 4.69) is 11.4 Å². The topological polar surface area (TPSA) is 67.9 Å². The third-order valence-corrected chi connectivity index (χ3v) is 5.45. The minimum Gasteiger partial charge on any atom is -0.497 e. The number of aryl methyl sites for hydroxylation is 2. The monoisotopic (exact) mass is 440 g/mol. The second kappa shape index (κ2) is 11.6. The summed E-state index contributed by atoms with van der Waals surface area (Å²) in [6, 6.07) is 10.9. The molecule has 6 heteroatoms. The van der Waals surface area contributed by atoms with Crippen LogP contribution in [0.1, 0.15) is 43.0 Å². The van der Waals surface area contributed by atoms with E-state index in [0.29, 0.717) is 24.0 Å². The molecule has 0 heterocycles. The van der Waals surface area contributed by atoms with Crippen LogP contribution in [0.4, 0.5) is 0 Å². The zero-order valence-electron chi connectivity index (χ0n) is 20.3. The number of nitrogens with zero attached hydrogens (tertiary/aromatic N) is 1. The molecule has 2 aromatic rings. The first-order valence-corrected chi connectivity index (χ1v) is 11.0. The van der Waals surface area contributed by atoms with E-state index in [-0.39, 0.29) is 25.0 Å². The van der Waals surface area contributed by atoms with Crippen molar-refractivity contribution in [1.82, 2.24) is 10.2 Å². The number of hydrogen-bond donors (Lipinski definition) is 1. The average Bonchev–Trinajstić information content (AvgIpc) is 2.76. The largest absolute Gasteiger partial charge is 0.497 e. The molecule has 2 aromatic carbocycles. The van der Waals surface area contributed by atoms with Crippen molar-refractivity contribution in [2.75, 3.05) is 20.3 Å². The first-order chi connectivity index (χ1) is 15.1. The van der Waals surface area contributed by atoms with Gasteiger partial charge in [-0.15, -0.1) is 0 Å². The summed E-state index contributed by atoms with van der Waals surface area (Å²) in [5, 5.41) is 2.93. The summed E-state index contributed by atoms with van der Waals surface area (Å²) in [5.41, 5.74) is 4.07. The lowest BCUT2D eigenvalue weighted by atomic mass is 10.1. The van der Waals surface area contributed by atoms with Crippen LogP contribution >= 0.6 is 0 Å². The molecule has 2 amide bonds. The van der Waals surface area contributed by atoms with Crippen LogP contribution in [0.5, 0.6) is 11.5 Å². The molecule has 0 radical (unpaired) electrons. The van der Waals surface area contributed by atoms with E-state index >= 15 is 0 Å². The van der Waals surface area contributed by atoms with Gasteiger partial charge in [-0.05, 0) is 74.1 Å². The highest BCUT2D eigenvalue weighted by atomic mass is 16.5. The van der Waals surface area contributed by atoms with E-state index in [1.165, 1.54) is 0 Å². The van der Waals surface area contributed by atoms with Gasteiger partial charge in [0.1, 0.15) is 17.5 Å². The van der Waals surface area contributed by atoms with Gasteiger partial charge in [0.15, 0.2) is 6.61 Å². The molecule has 0 saturated carbocycles. The molecule has 0 saturated heterocycles. The SMILES string of the molecule is COc1cccc(CN(C(=O)COc2cc(C)cc(C)c2C)[C@H](C)C(=O)NCC(C)C)c1. The number of rotatable bonds is 10. The van der Waals surface area contributed by atoms with Gasteiger partial charge in [-0.3, -0.25) is 9.59 Å². The quantitative estimate of drug-likeness (QED) is 0.602. The van der Waals surface area contributed by atoms with Gasteiger partial charge < -0.3 is 19.7 Å². The molecule has 0 aromatic heterocycles. The molecular weight excluding hydrogens is 404 g/mol. The lowest BCUT2D eigenvalue weighted by molar-refractivity contribution is -0.142. The maximum absolute atomic E-state index is 13.2. The van der Waals surface area contributed by atoms with Crippen molar-refractivity contribution < 1.29 is 19.1 Å². The third kappa shape index (κ3) is 7.01. The summed E-state index contributed by atoms with van der Waals surface area (Å²) in [5.74, 6) is 1.28. The molecule has 32 heavy (non-hydrogen) atoms. The van der Waals surface area contributed by atoms with E-state index in [4.69, 9.17) is 9.47 Å². The molecule has 0 spiro atoms. The van der Waals surface area contributed by atoms with Crippen molar-refractivity contribution in [3.63, 3.8) is 0 Å². The summed E-state index contributed by atoms with van der Waals surface area (Å²) >= 11 is 0. The Morgan fingerprint density at radius 3 is 2.44 bits per heavy atom. The number of carbonyl (C=O) groups is 2. The molecular formula is C26H36N2O4. The number of amides is 2.